The summed E-state index contributed by atoms with van der Waals surface area (Å²) in [6.45, 7) is 5.23. The molecule has 11 heteroatoms. The highest BCUT2D eigenvalue weighted by atomic mass is 32.2. The maximum Gasteiger partial charge on any atom is 0.179 e. The van der Waals surface area contributed by atoms with E-state index in [9.17, 15) is 8.42 Å². The molecule has 0 aromatic carbocycles. The molecule has 0 amide bonds. The number of piperazine rings is 1. The van der Waals surface area contributed by atoms with E-state index < -0.39 is 9.84 Å². The zero-order valence-corrected chi connectivity index (χ0v) is 19.0. The average Bonchev–Trinajstić information content (AvgIpc) is 2.74. The predicted octanol–water partition coefficient (Wildman–Crippen LogP) is 2.30. The molecule has 0 radical (unpaired) electrons. The van der Waals surface area contributed by atoms with Crippen LogP contribution in [0.25, 0.3) is 0 Å². The van der Waals surface area contributed by atoms with E-state index in [2.05, 4.69) is 54.3 Å². The number of nitrogens with zero attached hydrogens (tertiary/aromatic N) is 6. The normalized spacial score (nSPS) is 17.2. The first kappa shape index (κ1) is 21.9. The Morgan fingerprint density at radius 3 is 2.47 bits per heavy atom. The predicted molar refractivity (Wildman–Crippen MR) is 124 cm³/mol. The monoisotopic (exact) mass is 454 g/mol. The van der Waals surface area contributed by atoms with Crippen molar-refractivity contribution in [1.29, 1.82) is 0 Å². The molecule has 4 rings (SSSR count). The lowest BCUT2D eigenvalue weighted by atomic mass is 10.2. The van der Waals surface area contributed by atoms with Gasteiger partial charge in [0.15, 0.2) is 9.84 Å². The van der Waals surface area contributed by atoms with Gasteiger partial charge in [0.25, 0.3) is 0 Å². The molecule has 0 spiro atoms. The van der Waals surface area contributed by atoms with Crippen LogP contribution < -0.4 is 15.5 Å². The number of nitrogens with one attached hydrogen (secondary N) is 2. The molecule has 0 bridgehead atoms. The van der Waals surface area contributed by atoms with Crippen LogP contribution in [-0.4, -0.2) is 72.2 Å². The van der Waals surface area contributed by atoms with Crippen LogP contribution in [0.1, 0.15) is 6.92 Å². The summed E-state index contributed by atoms with van der Waals surface area (Å²) in [6.07, 6.45) is 5.90. The lowest BCUT2D eigenvalue weighted by Gasteiger charge is -2.39. The molecule has 3 aromatic heterocycles. The molecule has 2 N–H and O–H groups in total. The minimum Gasteiger partial charge on any atom is -0.365 e. The van der Waals surface area contributed by atoms with Crippen LogP contribution in [0, 0.1) is 0 Å². The second-order valence-electron chi connectivity index (χ2n) is 7.87. The van der Waals surface area contributed by atoms with E-state index in [-0.39, 0.29) is 10.7 Å². The fourth-order valence-corrected chi connectivity index (χ4v) is 4.46. The second kappa shape index (κ2) is 9.05. The number of rotatable bonds is 6. The minimum atomic E-state index is -3.43. The third kappa shape index (κ3) is 5.11. The Morgan fingerprint density at radius 1 is 1.00 bits per heavy atom. The fourth-order valence-electron chi connectivity index (χ4n) is 3.68. The highest BCUT2D eigenvalue weighted by molar-refractivity contribution is 7.90. The topological polar surface area (TPSA) is 116 Å². The first-order valence-electron chi connectivity index (χ1n) is 10.2. The van der Waals surface area contributed by atoms with E-state index >= 15 is 0 Å². The molecule has 3 aromatic rings. The first-order chi connectivity index (χ1) is 15.3. The summed E-state index contributed by atoms with van der Waals surface area (Å²) in [6, 6.07) is 9.12. The molecule has 4 heterocycles. The van der Waals surface area contributed by atoms with Crippen LogP contribution >= 0.6 is 0 Å². The Bertz CT molecular complexity index is 1190. The minimum absolute atomic E-state index is 0.100. The highest BCUT2D eigenvalue weighted by Crippen LogP contribution is 2.24. The molecular formula is C21H26N8O2S. The van der Waals surface area contributed by atoms with E-state index in [0.717, 1.165) is 31.6 Å². The maximum atomic E-state index is 12.0. The number of hydrogen-bond donors (Lipinski definition) is 2. The third-order valence-corrected chi connectivity index (χ3v) is 6.38. The van der Waals surface area contributed by atoms with Crippen molar-refractivity contribution in [3.05, 3.63) is 49.1 Å². The molecule has 0 saturated carbocycles. The van der Waals surface area contributed by atoms with Crippen molar-refractivity contribution in [2.75, 3.05) is 48.5 Å². The second-order valence-corrected chi connectivity index (χ2v) is 9.85. The van der Waals surface area contributed by atoms with Gasteiger partial charge in [-0.05, 0) is 38.2 Å². The van der Waals surface area contributed by atoms with Gasteiger partial charge in [0, 0.05) is 44.2 Å². The molecule has 10 nitrogen and oxygen atoms in total. The Morgan fingerprint density at radius 2 is 1.78 bits per heavy atom. The molecule has 1 saturated heterocycles. The van der Waals surface area contributed by atoms with Gasteiger partial charge in [0.05, 0.1) is 11.9 Å². The summed E-state index contributed by atoms with van der Waals surface area (Å²) in [5, 5.41) is 6.11. The van der Waals surface area contributed by atoms with Crippen molar-refractivity contribution < 1.29 is 8.42 Å². The van der Waals surface area contributed by atoms with E-state index in [1.807, 2.05) is 18.3 Å². The van der Waals surface area contributed by atoms with Crippen LogP contribution in [0.15, 0.2) is 53.9 Å². The van der Waals surface area contributed by atoms with Crippen LogP contribution in [0.4, 0.5) is 29.0 Å². The molecule has 1 fully saturated rings. The van der Waals surface area contributed by atoms with Crippen molar-refractivity contribution >= 4 is 38.8 Å². The van der Waals surface area contributed by atoms with Crippen molar-refractivity contribution in [2.45, 2.75) is 17.9 Å². The van der Waals surface area contributed by atoms with Gasteiger partial charge in [0.2, 0.25) is 0 Å². The lowest BCUT2D eigenvalue weighted by molar-refractivity contribution is 0.275. The summed E-state index contributed by atoms with van der Waals surface area (Å²) in [5.74, 6) is 1.79. The number of aromatic nitrogens is 4. The molecule has 0 unspecified atom stereocenters. The number of sulfone groups is 1. The highest BCUT2D eigenvalue weighted by Gasteiger charge is 2.21. The number of hydrogen-bond acceptors (Lipinski definition) is 10. The molecule has 1 atom stereocenters. The van der Waals surface area contributed by atoms with E-state index in [1.165, 1.54) is 18.6 Å². The van der Waals surface area contributed by atoms with Gasteiger partial charge >= 0.3 is 0 Å². The lowest BCUT2D eigenvalue weighted by Crippen LogP contribution is -2.50. The third-order valence-electron chi connectivity index (χ3n) is 5.25. The Balaban J connectivity index is 1.47. The van der Waals surface area contributed by atoms with E-state index in [1.54, 1.807) is 12.1 Å². The summed E-state index contributed by atoms with van der Waals surface area (Å²) >= 11 is 0. The average molecular weight is 455 g/mol. The molecule has 1 aliphatic heterocycles. The molecule has 32 heavy (non-hydrogen) atoms. The van der Waals surface area contributed by atoms with E-state index in [0.29, 0.717) is 23.5 Å². The van der Waals surface area contributed by atoms with Crippen LogP contribution in [0.2, 0.25) is 0 Å². The molecule has 0 aliphatic carbocycles. The van der Waals surface area contributed by atoms with Crippen LogP contribution in [0.5, 0.6) is 0 Å². The summed E-state index contributed by atoms with van der Waals surface area (Å²) in [7, 11) is -1.29. The summed E-state index contributed by atoms with van der Waals surface area (Å²) < 4.78 is 24.0. The number of pyridine rings is 2. The zero-order chi connectivity index (χ0) is 22.7. The molecular weight excluding hydrogens is 428 g/mol. The van der Waals surface area contributed by atoms with Gasteiger partial charge in [-0.2, -0.15) is 0 Å². The van der Waals surface area contributed by atoms with Gasteiger partial charge in [-0.25, -0.2) is 28.4 Å². The van der Waals surface area contributed by atoms with Crippen LogP contribution in [-0.2, 0) is 9.84 Å². The van der Waals surface area contributed by atoms with Crippen molar-refractivity contribution in [1.82, 2.24) is 24.8 Å². The summed E-state index contributed by atoms with van der Waals surface area (Å²) in [4.78, 5) is 21.8. The molecule has 1 aliphatic rings. The van der Waals surface area contributed by atoms with Gasteiger partial charge in [-0.1, -0.05) is 0 Å². The van der Waals surface area contributed by atoms with Gasteiger partial charge in [0.1, 0.15) is 34.5 Å². The Hall–Kier alpha value is -3.31. The van der Waals surface area contributed by atoms with Gasteiger partial charge in [-0.15, -0.1) is 0 Å². The fraction of sp³-hybridized carbons (Fsp3) is 0.333. The summed E-state index contributed by atoms with van der Waals surface area (Å²) in [5.41, 5.74) is 1.09. The SMILES string of the molecule is C[C@H]1CN(C)CCN1c1ccc(Nc2cc(Nc3ncccc3S(C)(=O)=O)ncn2)nc1. The van der Waals surface area contributed by atoms with Crippen molar-refractivity contribution in [2.24, 2.45) is 0 Å². The number of likely N-dealkylation sites (N-methyl/N-ethyl adjacent to an activating group) is 1. The molecule has 168 valence electrons. The zero-order valence-electron chi connectivity index (χ0n) is 18.2. The van der Waals surface area contributed by atoms with Crippen molar-refractivity contribution in [3.8, 4) is 0 Å². The largest absolute Gasteiger partial charge is 0.365 e. The Labute approximate surface area is 187 Å². The maximum absolute atomic E-state index is 12.0. The standard InChI is InChI=1S/C21H26N8O2S/c1-15-13-28(2)9-10-29(15)16-6-7-18(23-12-16)26-19-11-20(25-14-24-19)27-21-17(32(3,30)31)5-4-8-22-21/h4-8,11-12,14-15H,9-10,13H2,1-3H3,(H2,22,23,24,25,26,27)/t15-/m0/s1. The van der Waals surface area contributed by atoms with Crippen molar-refractivity contribution in [3.63, 3.8) is 0 Å². The number of anilines is 5. The quantitative estimate of drug-likeness (QED) is 0.575. The smallest absolute Gasteiger partial charge is 0.179 e. The Kier molecular flexibility index (Phi) is 6.19. The van der Waals surface area contributed by atoms with E-state index in [4.69, 9.17) is 0 Å². The first-order valence-corrected chi connectivity index (χ1v) is 12.1. The van der Waals surface area contributed by atoms with Gasteiger partial charge < -0.3 is 20.4 Å². The van der Waals surface area contributed by atoms with Gasteiger partial charge in [-0.3, -0.25) is 0 Å². The van der Waals surface area contributed by atoms with Crippen LogP contribution in [0.3, 0.4) is 0 Å².